The van der Waals surface area contributed by atoms with E-state index in [4.69, 9.17) is 29.9 Å². The minimum absolute atomic E-state index is 0.497. The third-order valence-corrected chi connectivity index (χ3v) is 9.19. The van der Waals surface area contributed by atoms with Crippen LogP contribution in [0.15, 0.2) is 176 Å². The first-order valence-corrected chi connectivity index (χ1v) is 17.5. The van der Waals surface area contributed by atoms with E-state index in [0.29, 0.717) is 40.5 Å². The summed E-state index contributed by atoms with van der Waals surface area (Å²) >= 11 is 0. The van der Waals surface area contributed by atoms with Gasteiger partial charge in [-0.15, -0.1) is 0 Å². The number of nitriles is 1. The van der Waals surface area contributed by atoms with Gasteiger partial charge in [-0.3, -0.25) is 0 Å². The second kappa shape index (κ2) is 14.1. The Kier molecular flexibility index (Phi) is 8.44. The molecule has 7 aromatic carbocycles. The molecule has 0 spiro atoms. The Morgan fingerprint density at radius 1 is 0.278 bits per heavy atom. The van der Waals surface area contributed by atoms with Crippen LogP contribution in [-0.2, 0) is 0 Å². The Balaban J connectivity index is 1.09. The predicted molar refractivity (Wildman–Crippen MR) is 213 cm³/mol. The van der Waals surface area contributed by atoms with Crippen molar-refractivity contribution in [1.82, 2.24) is 29.9 Å². The largest absolute Gasteiger partial charge is 0.208 e. The van der Waals surface area contributed by atoms with Crippen LogP contribution >= 0.6 is 0 Å². The molecule has 7 nitrogen and oxygen atoms in total. The number of aromatic nitrogens is 6. The Hall–Kier alpha value is -7.69. The zero-order valence-corrected chi connectivity index (χ0v) is 28.9. The SMILES string of the molecule is N#Cc1cccc(-c2nc(-c3cccc(-c4ccc(-c5nc(-c6ccccc6)nc(-c6ccccc6)n5)cc4)c3)nc(-c3ccc4ccccc4c3)n2)c1. The van der Waals surface area contributed by atoms with Gasteiger partial charge in [-0.25, -0.2) is 29.9 Å². The van der Waals surface area contributed by atoms with Crippen LogP contribution in [0.25, 0.3) is 90.2 Å². The first-order valence-electron chi connectivity index (χ1n) is 17.5. The summed E-state index contributed by atoms with van der Waals surface area (Å²) in [5.41, 5.74) is 7.77. The molecule has 0 saturated heterocycles. The standard InChI is InChI=1S/C47H29N7/c48-30-31-11-9-19-39(27-31)45-52-46(54-47(53-45)41-26-23-32-12-7-8-17-37(32)29-41)40-20-10-18-38(28-40)33-21-24-36(25-22-33)44-50-42(34-13-3-1-4-14-34)49-43(51-44)35-15-5-2-6-16-35/h1-29H. The average Bonchev–Trinajstić information content (AvgIpc) is 3.26. The summed E-state index contributed by atoms with van der Waals surface area (Å²) in [5, 5.41) is 11.8. The van der Waals surface area contributed by atoms with Gasteiger partial charge in [0.15, 0.2) is 34.9 Å². The molecule has 0 aliphatic carbocycles. The van der Waals surface area contributed by atoms with Crippen LogP contribution < -0.4 is 0 Å². The van der Waals surface area contributed by atoms with Gasteiger partial charge in [0.2, 0.25) is 0 Å². The van der Waals surface area contributed by atoms with Crippen molar-refractivity contribution in [3.05, 3.63) is 181 Å². The van der Waals surface area contributed by atoms with Crippen molar-refractivity contribution in [3.63, 3.8) is 0 Å². The molecule has 7 heteroatoms. The van der Waals surface area contributed by atoms with Crippen molar-refractivity contribution in [2.75, 3.05) is 0 Å². The molecule has 0 amide bonds. The van der Waals surface area contributed by atoms with E-state index in [-0.39, 0.29) is 0 Å². The number of hydrogen-bond acceptors (Lipinski definition) is 7. The molecular weight excluding hydrogens is 663 g/mol. The first kappa shape index (κ1) is 32.2. The summed E-state index contributed by atoms with van der Waals surface area (Å²) in [4.78, 5) is 29.4. The molecule has 0 bridgehead atoms. The lowest BCUT2D eigenvalue weighted by Gasteiger charge is -2.11. The molecule has 0 saturated carbocycles. The molecule has 0 atom stereocenters. The number of hydrogen-bond donors (Lipinski definition) is 0. The molecule has 9 rings (SSSR count). The van der Waals surface area contributed by atoms with Gasteiger partial charge in [0.1, 0.15) is 0 Å². The summed E-state index contributed by atoms with van der Waals surface area (Å²) in [6.07, 6.45) is 0. The van der Waals surface area contributed by atoms with Gasteiger partial charge in [0.25, 0.3) is 0 Å². The van der Waals surface area contributed by atoms with Crippen molar-refractivity contribution < 1.29 is 0 Å². The summed E-state index contributed by atoms with van der Waals surface area (Å²) < 4.78 is 0. The van der Waals surface area contributed by atoms with Crippen molar-refractivity contribution >= 4 is 10.8 Å². The van der Waals surface area contributed by atoms with Gasteiger partial charge in [0.05, 0.1) is 11.6 Å². The summed E-state index contributed by atoms with van der Waals surface area (Å²) in [5.74, 6) is 3.43. The summed E-state index contributed by atoms with van der Waals surface area (Å²) in [6, 6.07) is 60.4. The number of fused-ring (bicyclic) bond motifs is 1. The maximum Gasteiger partial charge on any atom is 0.164 e. The Morgan fingerprint density at radius 3 is 1.24 bits per heavy atom. The van der Waals surface area contributed by atoms with E-state index in [0.717, 1.165) is 55.3 Å². The Bertz CT molecular complexity index is 2770. The van der Waals surface area contributed by atoms with Gasteiger partial charge >= 0.3 is 0 Å². The van der Waals surface area contributed by atoms with Crippen LogP contribution in [0.1, 0.15) is 5.56 Å². The van der Waals surface area contributed by atoms with E-state index < -0.39 is 0 Å². The highest BCUT2D eigenvalue weighted by atomic mass is 15.0. The zero-order chi connectivity index (χ0) is 36.3. The van der Waals surface area contributed by atoms with Gasteiger partial charge in [-0.05, 0) is 46.2 Å². The molecule has 2 aromatic heterocycles. The quantitative estimate of drug-likeness (QED) is 0.164. The summed E-state index contributed by atoms with van der Waals surface area (Å²) in [7, 11) is 0. The molecule has 9 aromatic rings. The maximum atomic E-state index is 9.60. The maximum absolute atomic E-state index is 9.60. The smallest absolute Gasteiger partial charge is 0.164 e. The van der Waals surface area contributed by atoms with Gasteiger partial charge < -0.3 is 0 Å². The molecule has 54 heavy (non-hydrogen) atoms. The van der Waals surface area contributed by atoms with Crippen molar-refractivity contribution in [3.8, 4) is 85.5 Å². The lowest BCUT2D eigenvalue weighted by atomic mass is 10.0. The fraction of sp³-hybridized carbons (Fsp3) is 0. The van der Waals surface area contributed by atoms with E-state index in [2.05, 4.69) is 54.6 Å². The third-order valence-electron chi connectivity index (χ3n) is 9.19. The fourth-order valence-electron chi connectivity index (χ4n) is 6.41. The molecule has 0 radical (unpaired) electrons. The first-order chi connectivity index (χ1) is 26.7. The van der Waals surface area contributed by atoms with Crippen LogP contribution in [0, 0.1) is 11.3 Å². The van der Waals surface area contributed by atoms with E-state index in [9.17, 15) is 5.26 Å². The molecule has 2 heterocycles. The van der Waals surface area contributed by atoms with Crippen LogP contribution in [0.5, 0.6) is 0 Å². The summed E-state index contributed by atoms with van der Waals surface area (Å²) in [6.45, 7) is 0. The zero-order valence-electron chi connectivity index (χ0n) is 28.9. The highest BCUT2D eigenvalue weighted by molar-refractivity contribution is 5.87. The van der Waals surface area contributed by atoms with Crippen LogP contribution in [0.3, 0.4) is 0 Å². The van der Waals surface area contributed by atoms with E-state index in [1.807, 2.05) is 115 Å². The van der Waals surface area contributed by atoms with Gasteiger partial charge in [0, 0.05) is 33.4 Å². The van der Waals surface area contributed by atoms with Crippen LogP contribution in [-0.4, -0.2) is 29.9 Å². The highest BCUT2D eigenvalue weighted by Gasteiger charge is 2.15. The second-order valence-corrected chi connectivity index (χ2v) is 12.8. The lowest BCUT2D eigenvalue weighted by Crippen LogP contribution is -2.00. The van der Waals surface area contributed by atoms with Crippen LogP contribution in [0.2, 0.25) is 0 Å². The van der Waals surface area contributed by atoms with Crippen molar-refractivity contribution in [2.45, 2.75) is 0 Å². The highest BCUT2D eigenvalue weighted by Crippen LogP contribution is 2.31. The third kappa shape index (κ3) is 6.59. The Morgan fingerprint density at radius 2 is 0.667 bits per heavy atom. The van der Waals surface area contributed by atoms with E-state index in [1.54, 1.807) is 12.1 Å². The molecule has 0 N–H and O–H groups in total. The molecule has 0 aliphatic rings. The van der Waals surface area contributed by atoms with Crippen molar-refractivity contribution in [1.29, 1.82) is 5.26 Å². The molecule has 252 valence electrons. The lowest BCUT2D eigenvalue weighted by molar-refractivity contribution is 1.07. The Labute approximate surface area is 312 Å². The number of nitrogens with zero attached hydrogens (tertiary/aromatic N) is 7. The molecule has 0 unspecified atom stereocenters. The van der Waals surface area contributed by atoms with Gasteiger partial charge in [-0.2, -0.15) is 5.26 Å². The molecule has 0 fully saturated rings. The minimum Gasteiger partial charge on any atom is -0.208 e. The monoisotopic (exact) mass is 691 g/mol. The molecular formula is C47H29N7. The number of rotatable bonds is 7. The van der Waals surface area contributed by atoms with Crippen LogP contribution in [0.4, 0.5) is 0 Å². The van der Waals surface area contributed by atoms with E-state index >= 15 is 0 Å². The average molecular weight is 692 g/mol. The second-order valence-electron chi connectivity index (χ2n) is 12.8. The predicted octanol–water partition coefficient (Wildman–Crippen LogP) is 10.8. The van der Waals surface area contributed by atoms with Crippen molar-refractivity contribution in [2.24, 2.45) is 0 Å². The van der Waals surface area contributed by atoms with Gasteiger partial charge in [-0.1, -0.05) is 152 Å². The normalized spacial score (nSPS) is 10.9. The fourth-order valence-corrected chi connectivity index (χ4v) is 6.41. The topological polar surface area (TPSA) is 101 Å². The number of benzene rings is 7. The van der Waals surface area contributed by atoms with E-state index in [1.165, 1.54) is 0 Å². The minimum atomic E-state index is 0.497. The molecule has 0 aliphatic heterocycles.